The summed E-state index contributed by atoms with van der Waals surface area (Å²) in [5, 5.41) is 0. The molecule has 0 spiro atoms. The minimum Gasteiger partial charge on any atom is -0.341 e. The predicted molar refractivity (Wildman–Crippen MR) is 190 cm³/mol. The highest BCUT2D eigenvalue weighted by atomic mass is 15.4. The lowest BCUT2D eigenvalue weighted by Crippen LogP contribution is -2.64. The maximum atomic E-state index is 5.39. The molecule has 0 atom stereocenters. The van der Waals surface area contributed by atoms with Gasteiger partial charge < -0.3 is 14.7 Å². The number of rotatable bonds is 14. The van der Waals surface area contributed by atoms with Crippen LogP contribution >= 0.6 is 0 Å². The van der Waals surface area contributed by atoms with Gasteiger partial charge in [0, 0.05) is 60.4 Å². The van der Waals surface area contributed by atoms with Crippen LogP contribution in [0.2, 0.25) is 0 Å². The Kier molecular flexibility index (Phi) is 12.0. The van der Waals surface area contributed by atoms with Crippen molar-refractivity contribution in [1.82, 2.24) is 24.8 Å². The monoisotopic (exact) mass is 615 g/mol. The van der Waals surface area contributed by atoms with Crippen LogP contribution in [-0.2, 0) is 0 Å². The molecule has 2 aliphatic heterocycles. The van der Waals surface area contributed by atoms with E-state index in [0.29, 0.717) is 12.1 Å². The van der Waals surface area contributed by atoms with Gasteiger partial charge in [0.05, 0.1) is 0 Å². The molecular formula is C36H70N8. The molecule has 0 saturated carbocycles. The second kappa shape index (κ2) is 14.4. The van der Waals surface area contributed by atoms with E-state index in [1.54, 1.807) is 0 Å². The van der Waals surface area contributed by atoms with Crippen LogP contribution in [0.4, 0.5) is 17.8 Å². The number of anilines is 3. The summed E-state index contributed by atoms with van der Waals surface area (Å²) in [5.74, 6) is 2.58. The maximum absolute atomic E-state index is 5.39. The summed E-state index contributed by atoms with van der Waals surface area (Å²) in [4.78, 5) is 28.8. The van der Waals surface area contributed by atoms with Gasteiger partial charge in [-0.2, -0.15) is 15.0 Å². The Bertz CT molecular complexity index is 1010. The Hall–Kier alpha value is -1.67. The zero-order valence-electron chi connectivity index (χ0n) is 31.4. The summed E-state index contributed by atoms with van der Waals surface area (Å²) in [6, 6.07) is 0.733. The highest BCUT2D eigenvalue weighted by Crippen LogP contribution is 2.42. The number of nitrogens with zero attached hydrogens (tertiary/aromatic N) is 8. The number of hydrogen-bond donors (Lipinski definition) is 0. The molecule has 8 nitrogen and oxygen atoms in total. The van der Waals surface area contributed by atoms with E-state index in [1.165, 1.54) is 0 Å². The summed E-state index contributed by atoms with van der Waals surface area (Å²) in [6.45, 7) is 35.4. The molecule has 2 saturated heterocycles. The van der Waals surface area contributed by atoms with E-state index in [4.69, 9.17) is 15.0 Å². The van der Waals surface area contributed by atoms with E-state index in [-0.39, 0.29) is 22.2 Å². The first-order valence-electron chi connectivity index (χ1n) is 18.0. The van der Waals surface area contributed by atoms with Crippen LogP contribution in [0.5, 0.6) is 0 Å². The van der Waals surface area contributed by atoms with Crippen LogP contribution in [0, 0.1) is 0 Å². The van der Waals surface area contributed by atoms with Crippen LogP contribution in [0.3, 0.4) is 0 Å². The third kappa shape index (κ3) is 8.00. The van der Waals surface area contributed by atoms with E-state index in [2.05, 4.69) is 122 Å². The lowest BCUT2D eigenvalue weighted by atomic mass is 9.76. The van der Waals surface area contributed by atoms with Gasteiger partial charge in [0.25, 0.3) is 0 Å². The number of piperidine rings is 2. The first-order chi connectivity index (χ1) is 20.5. The van der Waals surface area contributed by atoms with Gasteiger partial charge in [0.1, 0.15) is 0 Å². The summed E-state index contributed by atoms with van der Waals surface area (Å²) in [6.07, 6.45) is 8.97. The lowest BCUT2D eigenvalue weighted by Gasteiger charge is -2.57. The van der Waals surface area contributed by atoms with Crippen molar-refractivity contribution >= 4 is 17.8 Å². The van der Waals surface area contributed by atoms with Crippen LogP contribution in [0.1, 0.15) is 141 Å². The summed E-state index contributed by atoms with van der Waals surface area (Å²) in [7, 11) is 2.29. The minimum atomic E-state index is 0.0900. The van der Waals surface area contributed by atoms with Crippen molar-refractivity contribution in [2.75, 3.05) is 54.5 Å². The molecule has 0 unspecified atom stereocenters. The third-order valence-corrected chi connectivity index (χ3v) is 11.1. The number of likely N-dealkylation sites (tertiary alicyclic amines) is 2. The fourth-order valence-electron chi connectivity index (χ4n) is 8.76. The smallest absolute Gasteiger partial charge is 0.232 e. The topological polar surface area (TPSA) is 54.9 Å². The van der Waals surface area contributed by atoms with Crippen LogP contribution in [-0.4, -0.2) is 98.8 Å². The van der Waals surface area contributed by atoms with E-state index in [9.17, 15) is 0 Å². The summed E-state index contributed by atoms with van der Waals surface area (Å²) >= 11 is 0. The average Bonchev–Trinajstić information content (AvgIpc) is 2.91. The molecule has 0 aliphatic carbocycles. The fraction of sp³-hybridized carbons (Fsp3) is 0.917. The van der Waals surface area contributed by atoms with Crippen molar-refractivity contribution in [2.45, 2.75) is 176 Å². The Morgan fingerprint density at radius 3 is 1.30 bits per heavy atom. The number of hydrogen-bond acceptors (Lipinski definition) is 8. The molecule has 8 heteroatoms. The molecule has 0 bridgehead atoms. The van der Waals surface area contributed by atoms with Gasteiger partial charge in [-0.3, -0.25) is 9.80 Å². The van der Waals surface area contributed by atoms with Crippen LogP contribution in [0.25, 0.3) is 0 Å². The summed E-state index contributed by atoms with van der Waals surface area (Å²) < 4.78 is 0. The second-order valence-corrected chi connectivity index (χ2v) is 16.2. The van der Waals surface area contributed by atoms with Gasteiger partial charge in [-0.15, -0.1) is 0 Å². The average molecular weight is 615 g/mol. The fourth-order valence-corrected chi connectivity index (χ4v) is 8.76. The maximum Gasteiger partial charge on any atom is 0.232 e. The molecule has 0 radical (unpaired) electrons. The van der Waals surface area contributed by atoms with Crippen LogP contribution < -0.4 is 14.7 Å². The zero-order chi connectivity index (χ0) is 33.1. The molecule has 254 valence electrons. The second-order valence-electron chi connectivity index (χ2n) is 16.2. The van der Waals surface area contributed by atoms with Crippen LogP contribution in [0.15, 0.2) is 0 Å². The molecule has 0 amide bonds. The van der Waals surface area contributed by atoms with Gasteiger partial charge in [0.2, 0.25) is 17.8 Å². The van der Waals surface area contributed by atoms with E-state index >= 15 is 0 Å². The van der Waals surface area contributed by atoms with Gasteiger partial charge in [-0.1, -0.05) is 33.6 Å². The molecule has 1 aromatic rings. The quantitative estimate of drug-likeness (QED) is 0.212. The minimum absolute atomic E-state index is 0.0900. The zero-order valence-corrected chi connectivity index (χ0v) is 31.4. The molecule has 44 heavy (non-hydrogen) atoms. The van der Waals surface area contributed by atoms with Crippen molar-refractivity contribution < 1.29 is 0 Å². The van der Waals surface area contributed by atoms with Crippen molar-refractivity contribution in [3.63, 3.8) is 0 Å². The Balaban J connectivity index is 2.14. The van der Waals surface area contributed by atoms with Crippen molar-refractivity contribution in [3.05, 3.63) is 0 Å². The molecule has 3 heterocycles. The molecule has 2 aliphatic rings. The molecule has 0 aromatic carbocycles. The molecule has 2 fully saturated rings. The SMILES string of the molecule is CCCCN(CCCC)c1nc(N(CC)C2CC(C)(C)N(C)C(C)(C)C2)nc(N(CC)C2CC(C)(C)N(CC)C(C)(C)C2)n1. The summed E-state index contributed by atoms with van der Waals surface area (Å²) in [5.41, 5.74) is 0.379. The standard InChI is InChI=1S/C36H70N8/c1-15-20-22-41(23-21-16-2)30-37-31(42(17-3)28-24-33(6,7)40(14)34(8,9)25-28)39-32(38-30)43(18-4)29-26-35(10,11)44(19-5)36(12,13)27-29/h28-29H,15-27H2,1-14H3. The molecular weight excluding hydrogens is 544 g/mol. The Labute approximate surface area is 272 Å². The lowest BCUT2D eigenvalue weighted by molar-refractivity contribution is -0.0315. The number of aromatic nitrogens is 3. The Morgan fingerprint density at radius 1 is 0.591 bits per heavy atom. The highest BCUT2D eigenvalue weighted by molar-refractivity contribution is 5.48. The van der Waals surface area contributed by atoms with Gasteiger partial charge >= 0.3 is 0 Å². The molecule has 1 aromatic heterocycles. The van der Waals surface area contributed by atoms with Crippen molar-refractivity contribution in [2.24, 2.45) is 0 Å². The van der Waals surface area contributed by atoms with Crippen molar-refractivity contribution in [1.29, 1.82) is 0 Å². The van der Waals surface area contributed by atoms with Crippen molar-refractivity contribution in [3.8, 4) is 0 Å². The van der Waals surface area contributed by atoms with Gasteiger partial charge in [-0.05, 0) is 121 Å². The van der Waals surface area contributed by atoms with Gasteiger partial charge in [-0.25, -0.2) is 0 Å². The number of unbranched alkanes of at least 4 members (excludes halogenated alkanes) is 2. The van der Waals surface area contributed by atoms with E-state index in [1.807, 2.05) is 0 Å². The largest absolute Gasteiger partial charge is 0.341 e. The Morgan fingerprint density at radius 2 is 0.955 bits per heavy atom. The predicted octanol–water partition coefficient (Wildman–Crippen LogP) is 7.62. The highest BCUT2D eigenvalue weighted by Gasteiger charge is 2.47. The third-order valence-electron chi connectivity index (χ3n) is 11.1. The molecule has 0 N–H and O–H groups in total. The van der Waals surface area contributed by atoms with Gasteiger partial charge in [0.15, 0.2) is 0 Å². The van der Waals surface area contributed by atoms with E-state index < -0.39 is 0 Å². The molecule has 3 rings (SSSR count). The van der Waals surface area contributed by atoms with E-state index in [0.717, 1.165) is 102 Å². The normalized spacial score (nSPS) is 22.2. The first kappa shape index (κ1) is 36.8. The first-order valence-corrected chi connectivity index (χ1v) is 18.0.